The molecule has 2 aliphatic rings. The van der Waals surface area contributed by atoms with Crippen molar-refractivity contribution in [2.24, 2.45) is 0 Å². The zero-order chi connectivity index (χ0) is 13.0. The third-order valence-corrected chi connectivity index (χ3v) is 4.17. The van der Waals surface area contributed by atoms with Gasteiger partial charge < -0.3 is 9.84 Å². The highest BCUT2D eigenvalue weighted by Gasteiger charge is 2.42. The SMILES string of the molecule is CC(OC(=O)O)(N1CCCCC1)N1CCCCC1.Cl.Cl. The zero-order valence-corrected chi connectivity index (χ0v) is 13.7. The Morgan fingerprint density at radius 1 is 0.900 bits per heavy atom. The standard InChI is InChI=1S/C13H24N2O3.2ClH/c1-13(18-12(16)17,14-8-4-2-5-9-14)15-10-6-3-7-11-15;;/h2-11H2,1H3,(H,16,17);2*1H. The topological polar surface area (TPSA) is 53.0 Å². The van der Waals surface area contributed by atoms with Gasteiger partial charge in [0.1, 0.15) is 0 Å². The van der Waals surface area contributed by atoms with Crippen molar-refractivity contribution in [1.29, 1.82) is 0 Å². The van der Waals surface area contributed by atoms with E-state index in [2.05, 4.69) is 9.80 Å². The van der Waals surface area contributed by atoms with Gasteiger partial charge in [0.25, 0.3) is 0 Å². The molecule has 0 spiro atoms. The van der Waals surface area contributed by atoms with Gasteiger partial charge in [-0.25, -0.2) is 4.79 Å². The van der Waals surface area contributed by atoms with Gasteiger partial charge in [0.2, 0.25) is 5.85 Å². The number of carboxylic acid groups (broad SMARTS) is 1. The Labute approximate surface area is 133 Å². The number of rotatable bonds is 3. The van der Waals surface area contributed by atoms with Crippen LogP contribution < -0.4 is 0 Å². The molecule has 2 saturated heterocycles. The van der Waals surface area contributed by atoms with Gasteiger partial charge in [-0.1, -0.05) is 12.8 Å². The van der Waals surface area contributed by atoms with Crippen LogP contribution in [0.25, 0.3) is 0 Å². The molecule has 0 aliphatic carbocycles. The summed E-state index contributed by atoms with van der Waals surface area (Å²) in [7, 11) is 0. The van der Waals surface area contributed by atoms with Crippen LogP contribution in [0.5, 0.6) is 0 Å². The van der Waals surface area contributed by atoms with Crippen molar-refractivity contribution in [2.75, 3.05) is 26.2 Å². The molecule has 120 valence electrons. The molecule has 0 atom stereocenters. The summed E-state index contributed by atoms with van der Waals surface area (Å²) in [5.74, 6) is -0.771. The molecule has 1 N–H and O–H groups in total. The minimum atomic E-state index is -1.17. The van der Waals surface area contributed by atoms with Crippen molar-refractivity contribution in [2.45, 2.75) is 51.3 Å². The zero-order valence-electron chi connectivity index (χ0n) is 12.0. The Bertz CT molecular complexity index is 275. The monoisotopic (exact) mass is 328 g/mol. The van der Waals surface area contributed by atoms with Gasteiger partial charge >= 0.3 is 6.16 Å². The summed E-state index contributed by atoms with van der Waals surface area (Å²) < 4.78 is 5.29. The number of carbonyl (C=O) groups is 1. The van der Waals surface area contributed by atoms with E-state index in [1.165, 1.54) is 12.8 Å². The quantitative estimate of drug-likeness (QED) is 0.806. The van der Waals surface area contributed by atoms with Gasteiger partial charge in [-0.05, 0) is 25.7 Å². The third kappa shape index (κ3) is 4.65. The van der Waals surface area contributed by atoms with Crippen molar-refractivity contribution in [3.63, 3.8) is 0 Å². The van der Waals surface area contributed by atoms with E-state index >= 15 is 0 Å². The molecule has 7 heteroatoms. The highest BCUT2D eigenvalue weighted by Crippen LogP contribution is 2.29. The Morgan fingerprint density at radius 3 is 1.55 bits per heavy atom. The molecular weight excluding hydrogens is 303 g/mol. The van der Waals surface area contributed by atoms with Crippen LogP contribution >= 0.6 is 24.8 Å². The first-order valence-electron chi connectivity index (χ1n) is 7.05. The minimum absolute atomic E-state index is 0. The summed E-state index contributed by atoms with van der Waals surface area (Å²) in [4.78, 5) is 15.4. The Hall–Kier alpha value is -0.230. The van der Waals surface area contributed by atoms with Crippen LogP contribution in [-0.4, -0.2) is 53.1 Å². The van der Waals surface area contributed by atoms with Crippen molar-refractivity contribution in [3.8, 4) is 0 Å². The van der Waals surface area contributed by atoms with Crippen molar-refractivity contribution >= 4 is 31.0 Å². The number of nitrogens with zero attached hydrogens (tertiary/aromatic N) is 2. The maximum Gasteiger partial charge on any atom is 0.508 e. The van der Waals surface area contributed by atoms with Crippen LogP contribution in [0, 0.1) is 0 Å². The van der Waals surface area contributed by atoms with E-state index in [4.69, 9.17) is 9.84 Å². The normalized spacial score (nSPS) is 21.4. The molecule has 2 aliphatic heterocycles. The predicted octanol–water partition coefficient (Wildman–Crippen LogP) is 3.17. The fraction of sp³-hybridized carbons (Fsp3) is 0.923. The summed E-state index contributed by atoms with van der Waals surface area (Å²) in [6.45, 7) is 5.64. The predicted molar refractivity (Wildman–Crippen MR) is 82.9 cm³/mol. The molecule has 0 aromatic heterocycles. The van der Waals surface area contributed by atoms with Gasteiger partial charge in [0, 0.05) is 33.1 Å². The number of ether oxygens (including phenoxy) is 1. The number of hydrogen-bond donors (Lipinski definition) is 1. The molecule has 0 bridgehead atoms. The maximum absolute atomic E-state index is 11.0. The molecule has 5 nitrogen and oxygen atoms in total. The largest absolute Gasteiger partial charge is 0.508 e. The second kappa shape index (κ2) is 8.93. The summed E-state index contributed by atoms with van der Waals surface area (Å²) in [5, 5.41) is 9.03. The third-order valence-electron chi connectivity index (χ3n) is 4.17. The molecule has 0 unspecified atom stereocenters. The summed E-state index contributed by atoms with van der Waals surface area (Å²) >= 11 is 0. The first kappa shape index (κ1) is 19.8. The van der Waals surface area contributed by atoms with Crippen LogP contribution in [-0.2, 0) is 4.74 Å². The van der Waals surface area contributed by atoms with E-state index in [-0.39, 0.29) is 24.8 Å². The molecule has 0 amide bonds. The molecule has 0 aromatic rings. The molecule has 2 fully saturated rings. The van der Waals surface area contributed by atoms with Crippen LogP contribution in [0.1, 0.15) is 45.4 Å². The highest BCUT2D eigenvalue weighted by molar-refractivity contribution is 5.85. The van der Waals surface area contributed by atoms with E-state index in [1.807, 2.05) is 6.92 Å². The molecule has 0 radical (unpaired) electrons. The van der Waals surface area contributed by atoms with Gasteiger partial charge in [0.15, 0.2) is 0 Å². The van der Waals surface area contributed by atoms with Gasteiger partial charge in [-0.3, -0.25) is 9.80 Å². The number of piperidine rings is 2. The summed E-state index contributed by atoms with van der Waals surface area (Å²) in [5.41, 5.74) is 0. The fourth-order valence-corrected chi connectivity index (χ4v) is 3.11. The maximum atomic E-state index is 11.0. The second-order valence-electron chi connectivity index (χ2n) is 5.40. The lowest BCUT2D eigenvalue weighted by molar-refractivity contribution is -0.219. The lowest BCUT2D eigenvalue weighted by atomic mass is 10.1. The molecule has 0 aromatic carbocycles. The van der Waals surface area contributed by atoms with E-state index in [0.717, 1.165) is 51.9 Å². The van der Waals surface area contributed by atoms with E-state index in [0.29, 0.717) is 0 Å². The van der Waals surface area contributed by atoms with Crippen LogP contribution in [0.4, 0.5) is 4.79 Å². The molecule has 0 saturated carbocycles. The van der Waals surface area contributed by atoms with Gasteiger partial charge in [-0.15, -0.1) is 24.8 Å². The lowest BCUT2D eigenvalue weighted by Gasteiger charge is -2.49. The summed E-state index contributed by atoms with van der Waals surface area (Å²) in [6, 6.07) is 0. The van der Waals surface area contributed by atoms with E-state index in [1.54, 1.807) is 0 Å². The number of halogens is 2. The minimum Gasteiger partial charge on any atom is -0.450 e. The average molecular weight is 329 g/mol. The second-order valence-corrected chi connectivity index (χ2v) is 5.40. The van der Waals surface area contributed by atoms with Crippen molar-refractivity contribution < 1.29 is 14.6 Å². The molecule has 2 rings (SSSR count). The van der Waals surface area contributed by atoms with E-state index in [9.17, 15) is 4.79 Å². The molecule has 2 heterocycles. The Kier molecular flexibility index (Phi) is 8.82. The fourth-order valence-electron chi connectivity index (χ4n) is 3.11. The smallest absolute Gasteiger partial charge is 0.450 e. The first-order chi connectivity index (χ1) is 8.63. The van der Waals surface area contributed by atoms with Crippen LogP contribution in [0.3, 0.4) is 0 Å². The number of hydrogen-bond acceptors (Lipinski definition) is 4. The van der Waals surface area contributed by atoms with Crippen LogP contribution in [0.2, 0.25) is 0 Å². The molecule has 20 heavy (non-hydrogen) atoms. The summed E-state index contributed by atoms with van der Waals surface area (Å²) in [6.07, 6.45) is 5.82. The van der Waals surface area contributed by atoms with Crippen LogP contribution in [0.15, 0.2) is 0 Å². The lowest BCUT2D eigenvalue weighted by Crippen LogP contribution is -2.63. The Balaban J connectivity index is 0.00000180. The van der Waals surface area contributed by atoms with Crippen molar-refractivity contribution in [3.05, 3.63) is 0 Å². The molecular formula is C13H26Cl2N2O3. The number of likely N-dealkylation sites (tertiary alicyclic amines) is 2. The van der Waals surface area contributed by atoms with Gasteiger partial charge in [0.05, 0.1) is 0 Å². The Morgan fingerprint density at radius 2 is 1.25 bits per heavy atom. The average Bonchev–Trinajstić information content (AvgIpc) is 2.40. The van der Waals surface area contributed by atoms with E-state index < -0.39 is 12.0 Å². The first-order valence-corrected chi connectivity index (χ1v) is 7.05. The van der Waals surface area contributed by atoms with Crippen molar-refractivity contribution in [1.82, 2.24) is 9.80 Å². The van der Waals surface area contributed by atoms with Gasteiger partial charge in [-0.2, -0.15) is 0 Å². The highest BCUT2D eigenvalue weighted by atomic mass is 35.5.